The third kappa shape index (κ3) is 2.99. The van der Waals surface area contributed by atoms with Crippen molar-refractivity contribution in [3.8, 4) is 0 Å². The van der Waals surface area contributed by atoms with E-state index >= 15 is 0 Å². The van der Waals surface area contributed by atoms with Gasteiger partial charge in [0.05, 0.1) is 5.69 Å². The van der Waals surface area contributed by atoms with Crippen LogP contribution in [-0.4, -0.2) is 18.2 Å². The molecule has 0 aliphatic carbocycles. The van der Waals surface area contributed by atoms with Gasteiger partial charge in [0, 0.05) is 29.3 Å². The Balaban J connectivity index is 2.27. The van der Waals surface area contributed by atoms with Crippen LogP contribution in [0.2, 0.25) is 0 Å². The Kier molecular flexibility index (Phi) is 3.57. The first-order valence-electron chi connectivity index (χ1n) is 6.19. The van der Waals surface area contributed by atoms with Gasteiger partial charge in [0.2, 0.25) is 5.91 Å². The van der Waals surface area contributed by atoms with Gasteiger partial charge in [-0.1, -0.05) is 20.8 Å². The van der Waals surface area contributed by atoms with E-state index in [1.165, 1.54) is 0 Å². The Morgan fingerprint density at radius 2 is 2.17 bits per heavy atom. The van der Waals surface area contributed by atoms with Crippen molar-refractivity contribution in [1.29, 1.82) is 0 Å². The zero-order valence-electron chi connectivity index (χ0n) is 11.2. The molecule has 4 heteroatoms. The Morgan fingerprint density at radius 3 is 2.83 bits per heavy atom. The minimum Gasteiger partial charge on any atom is -0.399 e. The summed E-state index contributed by atoms with van der Waals surface area (Å²) >= 11 is 1.79. The van der Waals surface area contributed by atoms with E-state index in [-0.39, 0.29) is 11.3 Å². The normalized spacial score (nSPS) is 15.4. The SMILES string of the molecule is CC(C)(C)CC(=O)N1CCSc2ccc(N)cc21. The summed E-state index contributed by atoms with van der Waals surface area (Å²) in [6.45, 7) is 7.04. The Bertz CT molecular complexity index is 465. The van der Waals surface area contributed by atoms with Crippen molar-refractivity contribution >= 4 is 29.0 Å². The number of nitrogens with zero attached hydrogens (tertiary/aromatic N) is 1. The molecule has 0 fully saturated rings. The summed E-state index contributed by atoms with van der Waals surface area (Å²) in [6, 6.07) is 5.80. The van der Waals surface area contributed by atoms with Crippen molar-refractivity contribution in [1.82, 2.24) is 0 Å². The Hall–Kier alpha value is -1.16. The third-order valence-corrected chi connectivity index (χ3v) is 3.87. The van der Waals surface area contributed by atoms with Gasteiger partial charge in [-0.2, -0.15) is 0 Å². The highest BCUT2D eigenvalue weighted by molar-refractivity contribution is 7.99. The van der Waals surface area contributed by atoms with Crippen LogP contribution in [0.1, 0.15) is 27.2 Å². The van der Waals surface area contributed by atoms with Crippen LogP contribution in [0.4, 0.5) is 11.4 Å². The summed E-state index contributed by atoms with van der Waals surface area (Å²) < 4.78 is 0. The van der Waals surface area contributed by atoms with Gasteiger partial charge < -0.3 is 10.6 Å². The molecule has 18 heavy (non-hydrogen) atoms. The van der Waals surface area contributed by atoms with E-state index in [0.29, 0.717) is 12.1 Å². The van der Waals surface area contributed by atoms with E-state index in [0.717, 1.165) is 22.9 Å². The first-order chi connectivity index (χ1) is 8.37. The molecule has 1 aliphatic rings. The molecule has 1 heterocycles. The number of nitrogen functional groups attached to an aromatic ring is 1. The highest BCUT2D eigenvalue weighted by Crippen LogP contribution is 2.37. The van der Waals surface area contributed by atoms with Crippen LogP contribution in [0.15, 0.2) is 23.1 Å². The van der Waals surface area contributed by atoms with Crippen molar-refractivity contribution in [3.63, 3.8) is 0 Å². The number of carbonyl (C=O) groups is 1. The van der Waals surface area contributed by atoms with Gasteiger partial charge in [-0.3, -0.25) is 4.79 Å². The first kappa shape index (κ1) is 13.3. The lowest BCUT2D eigenvalue weighted by molar-refractivity contribution is -0.120. The van der Waals surface area contributed by atoms with E-state index < -0.39 is 0 Å². The number of nitrogens with two attached hydrogens (primary N) is 1. The largest absolute Gasteiger partial charge is 0.399 e. The van der Waals surface area contributed by atoms with Gasteiger partial charge in [-0.15, -0.1) is 11.8 Å². The quantitative estimate of drug-likeness (QED) is 0.793. The number of benzene rings is 1. The van der Waals surface area contributed by atoms with Crippen molar-refractivity contribution in [2.45, 2.75) is 32.1 Å². The molecule has 1 aromatic rings. The average molecular weight is 264 g/mol. The summed E-state index contributed by atoms with van der Waals surface area (Å²) in [7, 11) is 0. The highest BCUT2D eigenvalue weighted by Gasteiger charge is 2.26. The van der Waals surface area contributed by atoms with Crippen molar-refractivity contribution in [2.75, 3.05) is 22.9 Å². The smallest absolute Gasteiger partial charge is 0.227 e. The lowest BCUT2D eigenvalue weighted by Gasteiger charge is -2.31. The summed E-state index contributed by atoms with van der Waals surface area (Å²) in [5, 5.41) is 0. The van der Waals surface area contributed by atoms with E-state index in [2.05, 4.69) is 20.8 Å². The molecule has 2 N–H and O–H groups in total. The van der Waals surface area contributed by atoms with E-state index in [1.54, 1.807) is 11.8 Å². The van der Waals surface area contributed by atoms with Crippen molar-refractivity contribution in [3.05, 3.63) is 18.2 Å². The maximum atomic E-state index is 12.4. The van der Waals surface area contributed by atoms with E-state index in [1.807, 2.05) is 23.1 Å². The van der Waals surface area contributed by atoms with Gasteiger partial charge in [-0.05, 0) is 23.6 Å². The number of fused-ring (bicyclic) bond motifs is 1. The van der Waals surface area contributed by atoms with Crippen LogP contribution in [-0.2, 0) is 4.79 Å². The number of amides is 1. The lowest BCUT2D eigenvalue weighted by Crippen LogP contribution is -2.37. The lowest BCUT2D eigenvalue weighted by atomic mass is 9.91. The monoisotopic (exact) mass is 264 g/mol. The fourth-order valence-corrected chi connectivity index (χ4v) is 3.02. The van der Waals surface area contributed by atoms with Crippen LogP contribution in [0.3, 0.4) is 0 Å². The van der Waals surface area contributed by atoms with Gasteiger partial charge in [0.1, 0.15) is 0 Å². The standard InChI is InChI=1S/C14H20N2OS/c1-14(2,3)9-13(17)16-6-7-18-12-5-4-10(15)8-11(12)16/h4-5,8H,6-7,9,15H2,1-3H3. The summed E-state index contributed by atoms with van der Waals surface area (Å²) in [4.78, 5) is 15.4. The topological polar surface area (TPSA) is 46.3 Å². The second kappa shape index (κ2) is 4.84. The molecule has 0 bridgehead atoms. The van der Waals surface area contributed by atoms with E-state index in [4.69, 9.17) is 5.73 Å². The summed E-state index contributed by atoms with van der Waals surface area (Å²) in [5.41, 5.74) is 7.53. The van der Waals surface area contributed by atoms with Crippen molar-refractivity contribution < 1.29 is 4.79 Å². The van der Waals surface area contributed by atoms with Crippen LogP contribution >= 0.6 is 11.8 Å². The molecule has 1 amide bonds. The molecular formula is C14H20N2OS. The molecule has 1 aromatic carbocycles. The minimum atomic E-state index is 0.0160. The number of thioether (sulfide) groups is 1. The fraction of sp³-hybridized carbons (Fsp3) is 0.500. The zero-order chi connectivity index (χ0) is 13.3. The minimum absolute atomic E-state index is 0.0160. The van der Waals surface area contributed by atoms with Crippen LogP contribution in [0.25, 0.3) is 0 Å². The van der Waals surface area contributed by atoms with Gasteiger partial charge >= 0.3 is 0 Å². The fourth-order valence-electron chi connectivity index (χ4n) is 2.04. The van der Waals surface area contributed by atoms with Crippen molar-refractivity contribution in [2.24, 2.45) is 5.41 Å². The zero-order valence-corrected chi connectivity index (χ0v) is 12.0. The maximum absolute atomic E-state index is 12.4. The number of hydrogen-bond acceptors (Lipinski definition) is 3. The predicted molar refractivity (Wildman–Crippen MR) is 78.0 cm³/mol. The number of carbonyl (C=O) groups excluding carboxylic acids is 1. The molecule has 0 radical (unpaired) electrons. The average Bonchev–Trinajstić information content (AvgIpc) is 2.25. The molecule has 0 aromatic heterocycles. The molecule has 98 valence electrons. The molecule has 0 atom stereocenters. The summed E-state index contributed by atoms with van der Waals surface area (Å²) in [5.74, 6) is 1.14. The molecule has 0 spiro atoms. The van der Waals surface area contributed by atoms with Crippen LogP contribution < -0.4 is 10.6 Å². The third-order valence-electron chi connectivity index (χ3n) is 2.83. The second-order valence-corrected chi connectivity index (χ2v) is 7.00. The maximum Gasteiger partial charge on any atom is 0.227 e. The van der Waals surface area contributed by atoms with E-state index in [9.17, 15) is 4.79 Å². The predicted octanol–water partition coefficient (Wildman–Crippen LogP) is 3.14. The molecule has 1 aliphatic heterocycles. The number of anilines is 2. The van der Waals surface area contributed by atoms with Gasteiger partial charge in [0.15, 0.2) is 0 Å². The molecule has 0 saturated heterocycles. The highest BCUT2D eigenvalue weighted by atomic mass is 32.2. The molecule has 3 nitrogen and oxygen atoms in total. The number of hydrogen-bond donors (Lipinski definition) is 1. The molecule has 0 unspecified atom stereocenters. The van der Waals surface area contributed by atoms with Gasteiger partial charge in [0.25, 0.3) is 0 Å². The number of rotatable bonds is 1. The Labute approximate surface area is 113 Å². The molecule has 0 saturated carbocycles. The van der Waals surface area contributed by atoms with Gasteiger partial charge in [-0.25, -0.2) is 0 Å². The summed E-state index contributed by atoms with van der Waals surface area (Å²) in [6.07, 6.45) is 0.561. The molecule has 2 rings (SSSR count). The van der Waals surface area contributed by atoms with Crippen LogP contribution in [0, 0.1) is 5.41 Å². The Morgan fingerprint density at radius 1 is 1.44 bits per heavy atom. The second-order valence-electron chi connectivity index (χ2n) is 5.86. The first-order valence-corrected chi connectivity index (χ1v) is 7.18. The van der Waals surface area contributed by atoms with Crippen LogP contribution in [0.5, 0.6) is 0 Å². The molecular weight excluding hydrogens is 244 g/mol.